The van der Waals surface area contributed by atoms with Gasteiger partial charge in [-0.15, -0.1) is 0 Å². The number of benzene rings is 1. The van der Waals surface area contributed by atoms with Crippen molar-refractivity contribution in [2.24, 2.45) is 16.2 Å². The first-order valence-electron chi connectivity index (χ1n) is 17.8. The lowest BCUT2D eigenvalue weighted by Gasteiger charge is -2.26. The molecule has 2 aliphatic rings. The summed E-state index contributed by atoms with van der Waals surface area (Å²) in [5, 5.41) is 0.796. The van der Waals surface area contributed by atoms with Gasteiger partial charge in [-0.25, -0.2) is 4.79 Å². The number of hydrogen-bond acceptors (Lipinski definition) is 6. The molecule has 0 aliphatic heterocycles. The van der Waals surface area contributed by atoms with Crippen molar-refractivity contribution >= 4 is 17.1 Å². The number of esters is 1. The van der Waals surface area contributed by atoms with Crippen molar-refractivity contribution in [1.29, 1.82) is 0 Å². The Kier molecular flexibility index (Phi) is 11.0. The van der Waals surface area contributed by atoms with Crippen LogP contribution in [0.3, 0.4) is 0 Å². The average molecular weight is 630 g/mol. The number of hydrogen-bond donors (Lipinski definition) is 0. The van der Waals surface area contributed by atoms with E-state index in [1.165, 1.54) is 56.9 Å². The maximum atomic E-state index is 12.8. The summed E-state index contributed by atoms with van der Waals surface area (Å²) in [7, 11) is 0. The molecule has 2 fully saturated rings. The van der Waals surface area contributed by atoms with Gasteiger partial charge in [-0.2, -0.15) is 4.98 Å². The molecule has 2 aliphatic carbocycles. The predicted octanol–water partition coefficient (Wildman–Crippen LogP) is 10.4. The summed E-state index contributed by atoms with van der Waals surface area (Å²) < 4.78 is 17.2. The minimum Gasteiger partial charge on any atom is -0.478 e. The van der Waals surface area contributed by atoms with Gasteiger partial charge in [-0.05, 0) is 85.5 Å². The summed E-state index contributed by atoms with van der Waals surface area (Å²) in [6.45, 7) is 12.2. The standard InChI is InChI=1S/C40H55NO5/c1-38(2,3)27-39(4)28-40(39,5)37(43)45-24-15-13-11-9-7-6-8-10-12-14-23-44-34-22-21-32-26-33(36(42)46-35(32)41-34)31-18-16-17-30(25-31)29-19-20-29/h16-18,21-22,25-26,29H,6-15,19-20,23-24,27-28H2,1-5H3. The van der Waals surface area contributed by atoms with Crippen molar-refractivity contribution in [1.82, 2.24) is 4.98 Å². The van der Waals surface area contributed by atoms with E-state index >= 15 is 0 Å². The second-order valence-electron chi connectivity index (χ2n) is 15.7. The highest BCUT2D eigenvalue weighted by molar-refractivity contribution is 5.81. The maximum absolute atomic E-state index is 12.8. The van der Waals surface area contributed by atoms with Crippen LogP contribution in [0.2, 0.25) is 0 Å². The molecule has 6 nitrogen and oxygen atoms in total. The minimum atomic E-state index is -0.367. The molecular weight excluding hydrogens is 574 g/mol. The van der Waals surface area contributed by atoms with Gasteiger partial charge in [0.1, 0.15) is 0 Å². The first-order chi connectivity index (χ1) is 22.0. The van der Waals surface area contributed by atoms with Gasteiger partial charge in [0.2, 0.25) is 11.6 Å². The third-order valence-corrected chi connectivity index (χ3v) is 10.2. The zero-order valence-electron chi connectivity index (χ0n) is 28.9. The zero-order valence-corrected chi connectivity index (χ0v) is 28.9. The molecule has 0 amide bonds. The Labute approximate surface area is 275 Å². The van der Waals surface area contributed by atoms with E-state index in [-0.39, 0.29) is 27.8 Å². The van der Waals surface area contributed by atoms with Crippen LogP contribution in [0.15, 0.2) is 51.7 Å². The molecule has 2 atom stereocenters. The van der Waals surface area contributed by atoms with Crippen molar-refractivity contribution in [3.63, 3.8) is 0 Å². The van der Waals surface area contributed by atoms with Gasteiger partial charge in [0, 0.05) is 11.5 Å². The molecule has 0 saturated heterocycles. The number of unbranched alkanes of at least 4 members (excludes halogenated alkanes) is 9. The number of nitrogens with zero attached hydrogens (tertiary/aromatic N) is 1. The monoisotopic (exact) mass is 629 g/mol. The lowest BCUT2D eigenvalue weighted by Crippen LogP contribution is -2.25. The van der Waals surface area contributed by atoms with E-state index in [4.69, 9.17) is 13.9 Å². The fraction of sp³-hybridized carbons (Fsp3) is 0.625. The Hall–Kier alpha value is -3.15. The van der Waals surface area contributed by atoms with E-state index in [1.54, 1.807) is 0 Å². The van der Waals surface area contributed by atoms with Crippen LogP contribution in [0, 0.1) is 16.2 Å². The quantitative estimate of drug-likeness (QED) is 0.103. The van der Waals surface area contributed by atoms with Crippen LogP contribution in [-0.4, -0.2) is 24.2 Å². The fourth-order valence-electron chi connectivity index (χ4n) is 7.24. The third-order valence-electron chi connectivity index (χ3n) is 10.2. The topological polar surface area (TPSA) is 78.6 Å². The molecule has 0 N–H and O–H groups in total. The molecule has 0 bridgehead atoms. The summed E-state index contributed by atoms with van der Waals surface area (Å²) in [6, 6.07) is 13.9. The van der Waals surface area contributed by atoms with Crippen molar-refractivity contribution in [3.8, 4) is 17.0 Å². The van der Waals surface area contributed by atoms with E-state index in [9.17, 15) is 9.59 Å². The van der Waals surface area contributed by atoms with Gasteiger partial charge in [0.25, 0.3) is 0 Å². The maximum Gasteiger partial charge on any atom is 0.345 e. The lowest BCUT2D eigenvalue weighted by molar-refractivity contribution is -0.151. The summed E-state index contributed by atoms with van der Waals surface area (Å²) in [4.78, 5) is 29.9. The Balaban J connectivity index is 0.889. The van der Waals surface area contributed by atoms with Crippen molar-refractivity contribution in [2.45, 2.75) is 130 Å². The summed E-state index contributed by atoms with van der Waals surface area (Å²) in [5.74, 6) is 1.13. The lowest BCUT2D eigenvalue weighted by atomic mass is 9.79. The van der Waals surface area contributed by atoms with E-state index in [0.29, 0.717) is 36.3 Å². The number of carbonyl (C=O) groups excluding carboxylic acids is 1. The molecule has 2 saturated carbocycles. The SMILES string of the molecule is CC(C)(C)CC1(C)CC1(C)C(=O)OCCCCCCCCCCCCOc1ccc2cc(-c3cccc(C4CC4)c3)c(=O)oc2n1. The van der Waals surface area contributed by atoms with E-state index in [0.717, 1.165) is 49.5 Å². The molecule has 0 spiro atoms. The fourth-order valence-corrected chi connectivity index (χ4v) is 7.24. The van der Waals surface area contributed by atoms with Crippen LogP contribution in [0.25, 0.3) is 22.2 Å². The molecule has 46 heavy (non-hydrogen) atoms. The van der Waals surface area contributed by atoms with Crippen LogP contribution < -0.4 is 10.4 Å². The molecule has 0 radical (unpaired) electrons. The molecule has 2 heterocycles. The Morgan fingerprint density at radius 3 is 2.20 bits per heavy atom. The van der Waals surface area contributed by atoms with E-state index < -0.39 is 0 Å². The first kappa shape index (κ1) is 34.2. The summed E-state index contributed by atoms with van der Waals surface area (Å²) in [5.41, 5.74) is 2.73. The van der Waals surface area contributed by atoms with Crippen molar-refractivity contribution in [3.05, 3.63) is 58.4 Å². The molecular formula is C40H55NO5. The van der Waals surface area contributed by atoms with Crippen molar-refractivity contribution < 1.29 is 18.7 Å². The normalized spacial score (nSPS) is 21.0. The van der Waals surface area contributed by atoms with E-state index in [1.807, 2.05) is 30.3 Å². The van der Waals surface area contributed by atoms with Crippen LogP contribution in [0.1, 0.15) is 136 Å². The van der Waals surface area contributed by atoms with Gasteiger partial charge in [0.15, 0.2) is 0 Å². The number of pyridine rings is 1. The number of carbonyl (C=O) groups is 1. The Morgan fingerprint density at radius 1 is 0.891 bits per heavy atom. The molecule has 3 aromatic rings. The smallest absolute Gasteiger partial charge is 0.345 e. The van der Waals surface area contributed by atoms with Gasteiger partial charge >= 0.3 is 11.6 Å². The second-order valence-corrected chi connectivity index (χ2v) is 15.7. The van der Waals surface area contributed by atoms with Gasteiger partial charge in [0.05, 0.1) is 24.2 Å². The molecule has 5 rings (SSSR count). The van der Waals surface area contributed by atoms with Crippen LogP contribution in [0.5, 0.6) is 5.88 Å². The third kappa shape index (κ3) is 9.01. The zero-order chi connectivity index (χ0) is 32.8. The predicted molar refractivity (Wildman–Crippen MR) is 185 cm³/mol. The molecule has 2 unspecified atom stereocenters. The number of rotatable bonds is 18. The molecule has 1 aromatic carbocycles. The van der Waals surface area contributed by atoms with Crippen LogP contribution >= 0.6 is 0 Å². The van der Waals surface area contributed by atoms with E-state index in [2.05, 4.69) is 51.7 Å². The largest absolute Gasteiger partial charge is 0.478 e. The molecule has 2 aromatic heterocycles. The Bertz CT molecular complexity index is 1530. The highest BCUT2D eigenvalue weighted by atomic mass is 16.5. The molecule has 250 valence electrons. The average Bonchev–Trinajstić information content (AvgIpc) is 3.93. The number of ether oxygens (including phenoxy) is 2. The summed E-state index contributed by atoms with van der Waals surface area (Å²) in [6.07, 6.45) is 16.1. The van der Waals surface area contributed by atoms with Crippen LogP contribution in [-0.2, 0) is 9.53 Å². The minimum absolute atomic E-state index is 0.00545. The van der Waals surface area contributed by atoms with Crippen LogP contribution in [0.4, 0.5) is 0 Å². The first-order valence-corrected chi connectivity index (χ1v) is 17.8. The highest BCUT2D eigenvalue weighted by Crippen LogP contribution is 2.68. The van der Waals surface area contributed by atoms with Gasteiger partial charge in [-0.3, -0.25) is 4.79 Å². The van der Waals surface area contributed by atoms with Gasteiger partial charge in [-0.1, -0.05) is 103 Å². The highest BCUT2D eigenvalue weighted by Gasteiger charge is 2.67. The second kappa shape index (κ2) is 14.7. The Morgan fingerprint density at radius 2 is 1.54 bits per heavy atom. The van der Waals surface area contributed by atoms with Crippen molar-refractivity contribution in [2.75, 3.05) is 13.2 Å². The number of aromatic nitrogens is 1. The molecule has 6 heteroatoms. The summed E-state index contributed by atoms with van der Waals surface area (Å²) >= 11 is 0. The van der Waals surface area contributed by atoms with Gasteiger partial charge < -0.3 is 13.9 Å². The number of fused-ring (bicyclic) bond motifs is 1.